The van der Waals surface area contributed by atoms with Crippen molar-refractivity contribution < 1.29 is 14.0 Å². The number of nitrogens with zero attached hydrogens (tertiary/aromatic N) is 2. The van der Waals surface area contributed by atoms with Crippen molar-refractivity contribution in [1.82, 2.24) is 9.97 Å². The predicted octanol–water partition coefficient (Wildman–Crippen LogP) is 2.40. The minimum absolute atomic E-state index is 0.0605. The minimum atomic E-state index is -0.457. The number of rotatable bonds is 7. The molecule has 3 N–H and O–H groups in total. The Labute approximate surface area is 147 Å². The predicted molar refractivity (Wildman–Crippen MR) is 93.9 cm³/mol. The molecule has 0 saturated carbocycles. The first-order chi connectivity index (χ1) is 12.1. The first-order valence-electron chi connectivity index (χ1n) is 7.63. The van der Waals surface area contributed by atoms with Crippen LogP contribution in [0, 0.1) is 0 Å². The molecule has 2 amide bonds. The molecule has 3 aromatic rings. The van der Waals surface area contributed by atoms with Gasteiger partial charge in [0.05, 0.1) is 18.3 Å². The Morgan fingerprint density at radius 3 is 2.80 bits per heavy atom. The highest BCUT2D eigenvalue weighted by molar-refractivity contribution is 7.13. The van der Waals surface area contributed by atoms with E-state index in [1.165, 1.54) is 11.3 Å². The van der Waals surface area contributed by atoms with Gasteiger partial charge in [0.1, 0.15) is 0 Å². The van der Waals surface area contributed by atoms with Crippen molar-refractivity contribution in [2.45, 2.75) is 19.3 Å². The summed E-state index contributed by atoms with van der Waals surface area (Å²) in [6.07, 6.45) is 2.32. The first-order valence-corrected chi connectivity index (χ1v) is 8.51. The number of thiazole rings is 1. The highest BCUT2D eigenvalue weighted by atomic mass is 32.1. The number of aryl methyl sites for hydroxylation is 1. The van der Waals surface area contributed by atoms with E-state index in [1.807, 2.05) is 30.3 Å². The highest BCUT2D eigenvalue weighted by Crippen LogP contribution is 2.20. The van der Waals surface area contributed by atoms with Gasteiger partial charge in [-0.2, -0.15) is 0 Å². The lowest BCUT2D eigenvalue weighted by Crippen LogP contribution is -2.14. The Kier molecular flexibility index (Phi) is 5.20. The number of nitrogens with one attached hydrogen (secondary N) is 1. The number of anilines is 1. The van der Waals surface area contributed by atoms with E-state index >= 15 is 0 Å². The second kappa shape index (κ2) is 7.71. The number of hydrogen-bond donors (Lipinski definition) is 2. The lowest BCUT2D eigenvalue weighted by molar-refractivity contribution is -0.117. The molecule has 2 aromatic heterocycles. The number of primary amides is 1. The Morgan fingerprint density at radius 2 is 2.04 bits per heavy atom. The Balaban J connectivity index is 1.52. The SMILES string of the molecule is NC(=O)Cc1csc(NC(=O)CCc2ncc(-c3ccccc3)o2)n1. The molecule has 0 aliphatic rings. The molecular formula is C17H16N4O3S. The van der Waals surface area contributed by atoms with Crippen molar-refractivity contribution in [2.24, 2.45) is 5.73 Å². The lowest BCUT2D eigenvalue weighted by atomic mass is 10.2. The van der Waals surface area contributed by atoms with Crippen LogP contribution in [0.1, 0.15) is 18.0 Å². The smallest absolute Gasteiger partial charge is 0.226 e. The van der Waals surface area contributed by atoms with E-state index in [0.29, 0.717) is 28.9 Å². The average Bonchev–Trinajstić information content (AvgIpc) is 3.23. The van der Waals surface area contributed by atoms with Crippen molar-refractivity contribution >= 4 is 28.3 Å². The molecule has 0 saturated heterocycles. The number of oxazole rings is 1. The molecule has 3 rings (SSSR count). The van der Waals surface area contributed by atoms with E-state index in [-0.39, 0.29) is 18.7 Å². The Morgan fingerprint density at radius 1 is 1.24 bits per heavy atom. The molecule has 2 heterocycles. The first kappa shape index (κ1) is 16.8. The summed E-state index contributed by atoms with van der Waals surface area (Å²) in [4.78, 5) is 31.2. The molecule has 0 radical (unpaired) electrons. The average molecular weight is 356 g/mol. The monoisotopic (exact) mass is 356 g/mol. The van der Waals surface area contributed by atoms with Gasteiger partial charge in [0.25, 0.3) is 0 Å². The normalized spacial score (nSPS) is 10.6. The fraction of sp³-hybridized carbons (Fsp3) is 0.176. The van der Waals surface area contributed by atoms with Gasteiger partial charge in [-0.1, -0.05) is 30.3 Å². The number of amides is 2. The van der Waals surface area contributed by atoms with E-state index in [0.717, 1.165) is 5.56 Å². The summed E-state index contributed by atoms with van der Waals surface area (Å²) in [6, 6.07) is 9.64. The molecule has 7 nitrogen and oxygen atoms in total. The third-order valence-corrected chi connectivity index (χ3v) is 4.14. The van der Waals surface area contributed by atoms with Crippen LogP contribution < -0.4 is 11.1 Å². The number of benzene rings is 1. The topological polar surface area (TPSA) is 111 Å². The van der Waals surface area contributed by atoms with Crippen LogP contribution in [0.4, 0.5) is 5.13 Å². The third-order valence-electron chi connectivity index (χ3n) is 3.33. The van der Waals surface area contributed by atoms with Gasteiger partial charge in [0.15, 0.2) is 16.8 Å². The largest absolute Gasteiger partial charge is 0.441 e. The second-order valence-electron chi connectivity index (χ2n) is 5.32. The van der Waals surface area contributed by atoms with Crippen molar-refractivity contribution in [3.05, 3.63) is 53.5 Å². The van der Waals surface area contributed by atoms with Crippen LogP contribution in [0.3, 0.4) is 0 Å². The second-order valence-corrected chi connectivity index (χ2v) is 6.18. The van der Waals surface area contributed by atoms with Crippen LogP contribution >= 0.6 is 11.3 Å². The molecular weight excluding hydrogens is 340 g/mol. The van der Waals surface area contributed by atoms with E-state index in [1.54, 1.807) is 11.6 Å². The molecule has 1 aromatic carbocycles. The van der Waals surface area contributed by atoms with E-state index < -0.39 is 5.91 Å². The molecule has 8 heteroatoms. The molecule has 25 heavy (non-hydrogen) atoms. The van der Waals surface area contributed by atoms with Gasteiger partial charge in [0, 0.05) is 23.8 Å². The summed E-state index contributed by atoms with van der Waals surface area (Å²) in [5, 5.41) is 4.83. The number of carbonyl (C=O) groups excluding carboxylic acids is 2. The van der Waals surface area contributed by atoms with Crippen LogP contribution in [-0.2, 0) is 22.4 Å². The quantitative estimate of drug-likeness (QED) is 0.675. The van der Waals surface area contributed by atoms with Gasteiger partial charge >= 0.3 is 0 Å². The maximum absolute atomic E-state index is 12.0. The van der Waals surface area contributed by atoms with Gasteiger partial charge < -0.3 is 15.5 Å². The number of carbonyl (C=O) groups is 2. The molecule has 0 spiro atoms. The van der Waals surface area contributed by atoms with E-state index in [4.69, 9.17) is 10.2 Å². The zero-order chi connectivity index (χ0) is 17.6. The third kappa shape index (κ3) is 4.74. The molecule has 0 atom stereocenters. The Hall–Kier alpha value is -3.00. The number of nitrogens with two attached hydrogens (primary N) is 1. The molecule has 0 unspecified atom stereocenters. The standard InChI is InChI=1S/C17H16N4O3S/c18-14(22)8-12-10-25-17(20-12)21-15(23)6-7-16-19-9-13(24-16)11-4-2-1-3-5-11/h1-5,9-10H,6-8H2,(H2,18,22)(H,20,21,23). The zero-order valence-electron chi connectivity index (χ0n) is 13.3. The summed E-state index contributed by atoms with van der Waals surface area (Å²) < 4.78 is 5.66. The maximum Gasteiger partial charge on any atom is 0.226 e. The van der Waals surface area contributed by atoms with Gasteiger partial charge in [-0.3, -0.25) is 9.59 Å². The zero-order valence-corrected chi connectivity index (χ0v) is 14.1. The molecule has 0 bridgehead atoms. The van der Waals surface area contributed by atoms with Gasteiger partial charge in [-0.25, -0.2) is 9.97 Å². The van der Waals surface area contributed by atoms with Crippen LogP contribution in [-0.4, -0.2) is 21.8 Å². The van der Waals surface area contributed by atoms with Crippen molar-refractivity contribution in [3.8, 4) is 11.3 Å². The van der Waals surface area contributed by atoms with Crippen LogP contribution in [0.25, 0.3) is 11.3 Å². The van der Waals surface area contributed by atoms with Gasteiger partial charge in [0.2, 0.25) is 11.8 Å². The highest BCUT2D eigenvalue weighted by Gasteiger charge is 2.11. The molecule has 0 aliphatic carbocycles. The van der Waals surface area contributed by atoms with Gasteiger partial charge in [-0.15, -0.1) is 11.3 Å². The van der Waals surface area contributed by atoms with Crippen molar-refractivity contribution in [3.63, 3.8) is 0 Å². The molecule has 0 aliphatic heterocycles. The molecule has 128 valence electrons. The summed E-state index contributed by atoms with van der Waals surface area (Å²) in [6.45, 7) is 0. The van der Waals surface area contributed by atoms with Gasteiger partial charge in [-0.05, 0) is 0 Å². The summed E-state index contributed by atoms with van der Waals surface area (Å²) in [5.41, 5.74) is 6.60. The number of hydrogen-bond acceptors (Lipinski definition) is 6. The lowest BCUT2D eigenvalue weighted by Gasteiger charge is -2.00. The summed E-state index contributed by atoms with van der Waals surface area (Å²) >= 11 is 1.25. The molecule has 0 fully saturated rings. The fourth-order valence-electron chi connectivity index (χ4n) is 2.19. The van der Waals surface area contributed by atoms with Crippen molar-refractivity contribution in [1.29, 1.82) is 0 Å². The summed E-state index contributed by atoms with van der Waals surface area (Å²) in [7, 11) is 0. The fourth-order valence-corrected chi connectivity index (χ4v) is 2.91. The Bertz CT molecular complexity index is 873. The maximum atomic E-state index is 12.0. The van der Waals surface area contributed by atoms with Crippen LogP contribution in [0.5, 0.6) is 0 Å². The van der Waals surface area contributed by atoms with Crippen LogP contribution in [0.2, 0.25) is 0 Å². The van der Waals surface area contributed by atoms with E-state index in [9.17, 15) is 9.59 Å². The number of aromatic nitrogens is 2. The van der Waals surface area contributed by atoms with Crippen LogP contribution in [0.15, 0.2) is 46.3 Å². The van der Waals surface area contributed by atoms with Crippen molar-refractivity contribution in [2.75, 3.05) is 5.32 Å². The minimum Gasteiger partial charge on any atom is -0.441 e. The summed E-state index contributed by atoms with van der Waals surface area (Å²) in [5.74, 6) is 0.523. The van der Waals surface area contributed by atoms with E-state index in [2.05, 4.69) is 15.3 Å².